The van der Waals surface area contributed by atoms with Gasteiger partial charge in [0.15, 0.2) is 11.2 Å². The van der Waals surface area contributed by atoms with E-state index in [1.165, 1.54) is 17.5 Å². The van der Waals surface area contributed by atoms with Crippen LogP contribution in [0.25, 0.3) is 10.7 Å². The van der Waals surface area contributed by atoms with Gasteiger partial charge in [0.2, 0.25) is 0 Å². The molecule has 0 saturated heterocycles. The Hall–Kier alpha value is -1.42. The van der Waals surface area contributed by atoms with Gasteiger partial charge in [0.05, 0.1) is 0 Å². The summed E-state index contributed by atoms with van der Waals surface area (Å²) >= 11 is 1.46. The summed E-state index contributed by atoms with van der Waals surface area (Å²) < 4.78 is 0.818. The highest BCUT2D eigenvalue weighted by molar-refractivity contribution is 7.12. The van der Waals surface area contributed by atoms with Crippen LogP contribution in [0.15, 0.2) is 36.0 Å². The maximum absolute atomic E-state index is 11.2. The van der Waals surface area contributed by atoms with Crippen molar-refractivity contribution in [1.29, 1.82) is 0 Å². The van der Waals surface area contributed by atoms with Gasteiger partial charge in [0.25, 0.3) is 5.69 Å². The van der Waals surface area contributed by atoms with Crippen molar-refractivity contribution in [3.05, 3.63) is 41.2 Å². The van der Waals surface area contributed by atoms with E-state index in [0.717, 1.165) is 9.74 Å². The minimum atomic E-state index is 0.604. The smallest absolute Gasteiger partial charge is 0.252 e. The van der Waals surface area contributed by atoms with Gasteiger partial charge in [0, 0.05) is 23.7 Å². The summed E-state index contributed by atoms with van der Waals surface area (Å²) in [4.78, 5) is 4.04. The Morgan fingerprint density at radius 3 is 3.00 bits per heavy atom. The van der Waals surface area contributed by atoms with Crippen molar-refractivity contribution >= 4 is 11.3 Å². The number of hydrogen-bond donors (Lipinski definition) is 0. The number of hydrogen-bond acceptors (Lipinski definition) is 3. The average Bonchev–Trinajstić information content (AvgIpc) is 2.57. The van der Waals surface area contributed by atoms with Gasteiger partial charge < -0.3 is 5.21 Å². The van der Waals surface area contributed by atoms with E-state index < -0.39 is 0 Å². The summed E-state index contributed by atoms with van der Waals surface area (Å²) in [5.41, 5.74) is 0.604. The largest absolute Gasteiger partial charge is 0.618 e. The second-order valence-electron chi connectivity index (χ2n) is 2.25. The standard InChI is InChI=1S/C8H6N2OS/c11-10-5-2-1-3-7(10)8-9-4-6-12-8/h1-6H. The Labute approximate surface area is 73.5 Å². The van der Waals surface area contributed by atoms with Crippen LogP contribution in [0.5, 0.6) is 0 Å². The first-order chi connectivity index (χ1) is 5.88. The minimum Gasteiger partial charge on any atom is -0.618 e. The van der Waals surface area contributed by atoms with Crippen LogP contribution in [0.1, 0.15) is 0 Å². The van der Waals surface area contributed by atoms with Crippen LogP contribution in [0.3, 0.4) is 0 Å². The number of rotatable bonds is 1. The van der Waals surface area contributed by atoms with E-state index in [1.807, 2.05) is 11.4 Å². The molecule has 3 nitrogen and oxygen atoms in total. The van der Waals surface area contributed by atoms with Crippen LogP contribution in [0, 0.1) is 5.21 Å². The first-order valence-corrected chi connectivity index (χ1v) is 4.34. The van der Waals surface area contributed by atoms with Gasteiger partial charge in [-0.1, -0.05) is 0 Å². The molecular formula is C8H6N2OS. The van der Waals surface area contributed by atoms with E-state index in [9.17, 15) is 5.21 Å². The van der Waals surface area contributed by atoms with Crippen molar-refractivity contribution in [1.82, 2.24) is 4.98 Å². The lowest BCUT2D eigenvalue weighted by Gasteiger charge is -1.98. The first-order valence-electron chi connectivity index (χ1n) is 3.46. The van der Waals surface area contributed by atoms with E-state index in [1.54, 1.807) is 18.3 Å². The van der Waals surface area contributed by atoms with Crippen LogP contribution in [-0.2, 0) is 0 Å². The van der Waals surface area contributed by atoms with E-state index in [-0.39, 0.29) is 0 Å². The monoisotopic (exact) mass is 178 g/mol. The Morgan fingerprint density at radius 2 is 2.33 bits per heavy atom. The molecule has 0 bridgehead atoms. The molecule has 2 aromatic heterocycles. The third kappa shape index (κ3) is 1.16. The molecule has 0 radical (unpaired) electrons. The number of pyridine rings is 1. The molecule has 0 unspecified atom stereocenters. The molecule has 4 heteroatoms. The van der Waals surface area contributed by atoms with Gasteiger partial charge in [-0.15, -0.1) is 11.3 Å². The van der Waals surface area contributed by atoms with E-state index in [2.05, 4.69) is 4.98 Å². The van der Waals surface area contributed by atoms with Crippen molar-refractivity contribution in [3.63, 3.8) is 0 Å². The van der Waals surface area contributed by atoms with E-state index in [4.69, 9.17) is 0 Å². The Kier molecular flexibility index (Phi) is 1.75. The number of thiazole rings is 1. The molecule has 12 heavy (non-hydrogen) atoms. The number of nitrogens with zero attached hydrogens (tertiary/aromatic N) is 2. The summed E-state index contributed by atoms with van der Waals surface area (Å²) in [6.07, 6.45) is 3.16. The summed E-state index contributed by atoms with van der Waals surface area (Å²) in [5.74, 6) is 0. The van der Waals surface area contributed by atoms with Crippen LogP contribution in [-0.4, -0.2) is 4.98 Å². The predicted octanol–water partition coefficient (Wildman–Crippen LogP) is 1.44. The molecule has 0 N–H and O–H groups in total. The van der Waals surface area contributed by atoms with E-state index >= 15 is 0 Å². The lowest BCUT2D eigenvalue weighted by atomic mass is 10.4. The zero-order chi connectivity index (χ0) is 8.39. The van der Waals surface area contributed by atoms with Crippen LogP contribution in [0.4, 0.5) is 0 Å². The molecule has 0 aliphatic rings. The topological polar surface area (TPSA) is 39.8 Å². The third-order valence-corrected chi connectivity index (χ3v) is 2.27. The fourth-order valence-corrected chi connectivity index (χ4v) is 1.59. The van der Waals surface area contributed by atoms with Crippen molar-refractivity contribution < 1.29 is 4.73 Å². The Bertz CT molecular complexity index is 372. The molecule has 60 valence electrons. The fourth-order valence-electron chi connectivity index (χ4n) is 0.944. The Balaban J connectivity index is 2.55. The first kappa shape index (κ1) is 7.24. The van der Waals surface area contributed by atoms with Crippen LogP contribution >= 0.6 is 11.3 Å². The highest BCUT2D eigenvalue weighted by Crippen LogP contribution is 2.16. The Morgan fingerprint density at radius 1 is 1.42 bits per heavy atom. The van der Waals surface area contributed by atoms with Crippen molar-refractivity contribution in [2.24, 2.45) is 0 Å². The highest BCUT2D eigenvalue weighted by Gasteiger charge is 2.08. The molecule has 0 aliphatic heterocycles. The summed E-state index contributed by atoms with van der Waals surface area (Å²) in [6, 6.07) is 5.28. The molecule has 2 rings (SSSR count). The molecule has 0 aliphatic carbocycles. The molecule has 0 amide bonds. The second kappa shape index (κ2) is 2.91. The van der Waals surface area contributed by atoms with Gasteiger partial charge in [-0.3, -0.25) is 0 Å². The normalized spacial score (nSPS) is 10.0. The SMILES string of the molecule is [O-][n+]1ccccc1-c1nccs1. The third-order valence-electron chi connectivity index (χ3n) is 1.48. The van der Waals surface area contributed by atoms with Gasteiger partial charge >= 0.3 is 0 Å². The zero-order valence-corrected chi connectivity index (χ0v) is 6.99. The summed E-state index contributed by atoms with van der Waals surface area (Å²) in [5, 5.41) is 13.8. The van der Waals surface area contributed by atoms with Gasteiger partial charge in [-0.05, 0) is 6.07 Å². The number of aromatic nitrogens is 2. The maximum atomic E-state index is 11.2. The zero-order valence-electron chi connectivity index (χ0n) is 6.18. The summed E-state index contributed by atoms with van der Waals surface area (Å²) in [6.45, 7) is 0. The van der Waals surface area contributed by atoms with Gasteiger partial charge in [-0.25, -0.2) is 4.98 Å². The van der Waals surface area contributed by atoms with Crippen molar-refractivity contribution in [2.75, 3.05) is 0 Å². The van der Waals surface area contributed by atoms with Crippen molar-refractivity contribution in [2.45, 2.75) is 0 Å². The molecular weight excluding hydrogens is 172 g/mol. The van der Waals surface area contributed by atoms with E-state index in [0.29, 0.717) is 5.69 Å². The second-order valence-corrected chi connectivity index (χ2v) is 3.14. The molecule has 2 aromatic rings. The quantitative estimate of drug-likeness (QED) is 0.489. The molecule has 2 heterocycles. The minimum absolute atomic E-state index is 0.604. The molecule has 0 saturated carbocycles. The lowest BCUT2D eigenvalue weighted by molar-refractivity contribution is -0.593. The van der Waals surface area contributed by atoms with Gasteiger partial charge in [0.1, 0.15) is 0 Å². The van der Waals surface area contributed by atoms with Crippen LogP contribution in [0.2, 0.25) is 0 Å². The molecule has 0 aromatic carbocycles. The lowest BCUT2D eigenvalue weighted by Crippen LogP contribution is -2.27. The maximum Gasteiger partial charge on any atom is 0.252 e. The molecule has 0 fully saturated rings. The van der Waals surface area contributed by atoms with Gasteiger partial charge in [-0.2, -0.15) is 4.73 Å². The van der Waals surface area contributed by atoms with Crippen LogP contribution < -0.4 is 4.73 Å². The fraction of sp³-hybridized carbons (Fsp3) is 0. The molecule has 0 atom stereocenters. The average molecular weight is 178 g/mol. The predicted molar refractivity (Wildman–Crippen MR) is 46.5 cm³/mol. The highest BCUT2D eigenvalue weighted by atomic mass is 32.1. The summed E-state index contributed by atoms with van der Waals surface area (Å²) in [7, 11) is 0. The molecule has 0 spiro atoms. The van der Waals surface area contributed by atoms with Crippen molar-refractivity contribution in [3.8, 4) is 10.7 Å².